The number of amides is 2. The van der Waals surface area contributed by atoms with E-state index in [0.29, 0.717) is 23.4 Å². The van der Waals surface area contributed by atoms with E-state index in [1.54, 1.807) is 26.0 Å². The van der Waals surface area contributed by atoms with Crippen LogP contribution in [0.4, 0.5) is 15.8 Å². The van der Waals surface area contributed by atoms with Gasteiger partial charge in [0.25, 0.3) is 5.56 Å². The van der Waals surface area contributed by atoms with Gasteiger partial charge in [0.05, 0.1) is 10.9 Å². The minimum Gasteiger partial charge on any atom is -0.325 e. The maximum atomic E-state index is 13.0. The third-order valence-electron chi connectivity index (χ3n) is 4.47. The lowest BCUT2D eigenvalue weighted by Gasteiger charge is -2.12. The van der Waals surface area contributed by atoms with Gasteiger partial charge >= 0.3 is 0 Å². The number of hydrogen-bond acceptors (Lipinski definition) is 6. The molecule has 1 heterocycles. The van der Waals surface area contributed by atoms with Gasteiger partial charge in [-0.2, -0.15) is 0 Å². The number of rotatable bonds is 7. The Morgan fingerprint density at radius 3 is 2.50 bits per heavy atom. The van der Waals surface area contributed by atoms with Crippen LogP contribution in [0, 0.1) is 12.7 Å². The molecule has 0 saturated carbocycles. The number of hydrogen-bond donors (Lipinski definition) is 3. The van der Waals surface area contributed by atoms with E-state index in [1.165, 1.54) is 24.3 Å². The lowest BCUT2D eigenvalue weighted by atomic mass is 10.1. The highest BCUT2D eigenvalue weighted by Gasteiger charge is 2.19. The predicted molar refractivity (Wildman–Crippen MR) is 122 cm³/mol. The van der Waals surface area contributed by atoms with E-state index in [4.69, 9.17) is 0 Å². The van der Waals surface area contributed by atoms with E-state index >= 15 is 0 Å². The maximum absolute atomic E-state index is 13.0. The number of anilines is 2. The van der Waals surface area contributed by atoms with E-state index in [-0.39, 0.29) is 22.7 Å². The summed E-state index contributed by atoms with van der Waals surface area (Å²) in [6.45, 7) is 5.24. The molecule has 32 heavy (non-hydrogen) atoms. The lowest BCUT2D eigenvalue weighted by Crippen LogP contribution is -2.23. The Labute approximate surface area is 188 Å². The number of aromatic amines is 1. The van der Waals surface area contributed by atoms with Crippen molar-refractivity contribution in [2.45, 2.75) is 37.6 Å². The monoisotopic (exact) mass is 455 g/mol. The first-order valence-electron chi connectivity index (χ1n) is 9.87. The molecule has 1 atom stereocenters. The Bertz CT molecular complexity index is 1200. The van der Waals surface area contributed by atoms with Crippen LogP contribution < -0.4 is 16.2 Å². The second kappa shape index (κ2) is 10.2. The second-order valence-electron chi connectivity index (χ2n) is 7.01. The molecule has 0 aliphatic rings. The summed E-state index contributed by atoms with van der Waals surface area (Å²) in [5, 5.41) is 13.1. The summed E-state index contributed by atoms with van der Waals surface area (Å²) in [5.41, 5.74) is 1.84. The number of H-pyrrole nitrogens is 1. The van der Waals surface area contributed by atoms with Crippen LogP contribution in [0.2, 0.25) is 0 Å². The van der Waals surface area contributed by atoms with Gasteiger partial charge in [-0.05, 0) is 50.2 Å². The van der Waals surface area contributed by atoms with Crippen molar-refractivity contribution in [2.24, 2.45) is 0 Å². The molecule has 3 aromatic rings. The molecule has 3 rings (SSSR count). The summed E-state index contributed by atoms with van der Waals surface area (Å²) in [6.07, 6.45) is 0.294. The van der Waals surface area contributed by atoms with E-state index in [1.807, 2.05) is 13.0 Å². The largest absolute Gasteiger partial charge is 0.325 e. The van der Waals surface area contributed by atoms with Crippen molar-refractivity contribution in [2.75, 3.05) is 10.6 Å². The zero-order valence-electron chi connectivity index (χ0n) is 17.7. The molecular formula is C22H22FN5O3S. The molecule has 0 aliphatic carbocycles. The van der Waals surface area contributed by atoms with Crippen LogP contribution in [0.5, 0.6) is 0 Å². The van der Waals surface area contributed by atoms with Gasteiger partial charge in [0.15, 0.2) is 10.9 Å². The van der Waals surface area contributed by atoms with Gasteiger partial charge in [0.2, 0.25) is 11.8 Å². The maximum Gasteiger partial charge on any atom is 0.278 e. The molecule has 166 valence electrons. The van der Waals surface area contributed by atoms with Crippen molar-refractivity contribution in [1.29, 1.82) is 0 Å². The third-order valence-corrected chi connectivity index (χ3v) is 5.45. The molecule has 10 heteroatoms. The highest BCUT2D eigenvalue weighted by Crippen LogP contribution is 2.26. The van der Waals surface area contributed by atoms with Crippen molar-refractivity contribution in [3.8, 4) is 11.3 Å². The number of benzene rings is 2. The van der Waals surface area contributed by atoms with Crippen LogP contribution in [0.3, 0.4) is 0 Å². The van der Waals surface area contributed by atoms with Crippen LogP contribution >= 0.6 is 11.8 Å². The Morgan fingerprint density at radius 1 is 1.12 bits per heavy atom. The van der Waals surface area contributed by atoms with Gasteiger partial charge in [-0.3, -0.25) is 19.4 Å². The minimum atomic E-state index is -0.603. The number of aromatic nitrogens is 3. The summed E-state index contributed by atoms with van der Waals surface area (Å²) in [4.78, 5) is 39.6. The van der Waals surface area contributed by atoms with Crippen LogP contribution in [0.15, 0.2) is 52.4 Å². The van der Waals surface area contributed by atoms with Gasteiger partial charge in [-0.1, -0.05) is 30.3 Å². The molecule has 0 saturated heterocycles. The minimum absolute atomic E-state index is 0.0628. The van der Waals surface area contributed by atoms with E-state index < -0.39 is 16.6 Å². The normalized spacial score (nSPS) is 11.6. The average molecular weight is 456 g/mol. The highest BCUT2D eigenvalue weighted by molar-refractivity contribution is 8.00. The van der Waals surface area contributed by atoms with Crippen molar-refractivity contribution in [1.82, 2.24) is 15.2 Å². The number of thioether (sulfide) groups is 1. The van der Waals surface area contributed by atoms with Crippen molar-refractivity contribution in [3.63, 3.8) is 0 Å². The summed E-state index contributed by atoms with van der Waals surface area (Å²) in [6, 6.07) is 10.7. The quantitative estimate of drug-likeness (QED) is 0.467. The summed E-state index contributed by atoms with van der Waals surface area (Å²) in [5.74, 6) is -0.923. The number of nitrogens with zero attached hydrogens (tertiary/aromatic N) is 2. The van der Waals surface area contributed by atoms with Gasteiger partial charge in [-0.15, -0.1) is 10.2 Å². The van der Waals surface area contributed by atoms with Crippen molar-refractivity contribution < 1.29 is 14.0 Å². The molecule has 8 nitrogen and oxygen atoms in total. The number of halogens is 1. The van der Waals surface area contributed by atoms with E-state index in [2.05, 4.69) is 25.8 Å². The van der Waals surface area contributed by atoms with Crippen molar-refractivity contribution in [3.05, 3.63) is 64.2 Å². The number of carbonyl (C=O) groups is 2. The number of carbonyl (C=O) groups excluding carboxylic acids is 2. The fourth-order valence-corrected chi connectivity index (χ4v) is 3.49. The highest BCUT2D eigenvalue weighted by atomic mass is 32.2. The molecule has 0 fully saturated rings. The van der Waals surface area contributed by atoms with E-state index in [9.17, 15) is 18.8 Å². The molecule has 0 unspecified atom stereocenters. The molecule has 2 aromatic carbocycles. The molecule has 3 N–H and O–H groups in total. The van der Waals surface area contributed by atoms with Crippen LogP contribution in [-0.4, -0.2) is 32.2 Å². The third kappa shape index (κ3) is 5.79. The first-order valence-corrected chi connectivity index (χ1v) is 10.8. The molecule has 0 spiro atoms. The number of aryl methyl sites for hydroxylation is 1. The Kier molecular flexibility index (Phi) is 7.37. The van der Waals surface area contributed by atoms with E-state index in [0.717, 1.165) is 17.3 Å². The summed E-state index contributed by atoms with van der Waals surface area (Å²) < 4.78 is 13.0. The molecular weight excluding hydrogens is 433 g/mol. The molecule has 0 radical (unpaired) electrons. The smallest absolute Gasteiger partial charge is 0.278 e. The summed E-state index contributed by atoms with van der Waals surface area (Å²) >= 11 is 1.03. The Hall–Kier alpha value is -3.53. The lowest BCUT2D eigenvalue weighted by molar-refractivity contribution is -0.116. The fourth-order valence-electron chi connectivity index (χ4n) is 2.75. The summed E-state index contributed by atoms with van der Waals surface area (Å²) in [7, 11) is 0. The molecule has 0 aliphatic heterocycles. The van der Waals surface area contributed by atoms with Gasteiger partial charge in [0, 0.05) is 17.7 Å². The van der Waals surface area contributed by atoms with Crippen LogP contribution in [0.25, 0.3) is 11.3 Å². The molecule has 0 bridgehead atoms. The Morgan fingerprint density at radius 2 is 1.84 bits per heavy atom. The van der Waals surface area contributed by atoms with Gasteiger partial charge in [-0.25, -0.2) is 4.39 Å². The predicted octanol–water partition coefficient (Wildman–Crippen LogP) is 3.75. The molecule has 2 amide bonds. The number of nitrogens with one attached hydrogen (secondary N) is 3. The van der Waals surface area contributed by atoms with Gasteiger partial charge in [0.1, 0.15) is 5.82 Å². The first-order chi connectivity index (χ1) is 15.3. The average Bonchev–Trinajstić information content (AvgIpc) is 2.76. The Balaban J connectivity index is 1.77. The zero-order valence-corrected chi connectivity index (χ0v) is 18.5. The SMILES string of the molecule is CCC(=O)Nc1ccc(C)cc1-c1nnc(S[C@H](C)C(=O)Nc2ccc(F)cc2)[nH]c1=O. The standard InChI is InChI=1S/C22H22FN5O3S/c1-4-18(29)25-17-10-5-12(2)11-16(17)19-21(31)26-22(28-27-19)32-13(3)20(30)24-15-8-6-14(23)7-9-15/h5-11,13H,4H2,1-3H3,(H,24,30)(H,25,29)(H,26,28,31)/t13-/m1/s1. The van der Waals surface area contributed by atoms with Crippen LogP contribution in [-0.2, 0) is 9.59 Å². The van der Waals surface area contributed by atoms with Gasteiger partial charge < -0.3 is 10.6 Å². The molecule has 1 aromatic heterocycles. The topological polar surface area (TPSA) is 117 Å². The first kappa shape index (κ1) is 23.1. The van der Waals surface area contributed by atoms with Crippen LogP contribution in [0.1, 0.15) is 25.8 Å². The second-order valence-corrected chi connectivity index (χ2v) is 8.34. The fraction of sp³-hybridized carbons (Fsp3) is 0.227. The van der Waals surface area contributed by atoms with Crippen molar-refractivity contribution >= 4 is 35.0 Å². The zero-order chi connectivity index (χ0) is 23.3.